The van der Waals surface area contributed by atoms with Gasteiger partial charge in [-0.05, 0) is 26.7 Å². The summed E-state index contributed by atoms with van der Waals surface area (Å²) in [4.78, 5) is 36.1. The molecule has 0 aromatic heterocycles. The van der Waals surface area contributed by atoms with Gasteiger partial charge in [-0.25, -0.2) is 4.79 Å². The van der Waals surface area contributed by atoms with Gasteiger partial charge in [0.15, 0.2) is 0 Å². The number of amides is 2. The highest BCUT2D eigenvalue weighted by Gasteiger charge is 2.56. The number of allylic oxidation sites excluding steroid dienone is 1. The average molecular weight is 280 g/mol. The van der Waals surface area contributed by atoms with Crippen molar-refractivity contribution >= 4 is 17.8 Å². The summed E-state index contributed by atoms with van der Waals surface area (Å²) < 4.78 is 5.10. The standard InChI is InChI=1S/C14H20N2O4/c1-3-20-13(19)9-8(2)16-12(18)10(11(15)17)14(9)6-4-5-7-14/h10H,3-7H2,1-2H3,(H2,15,17)(H,16,18)/t10-/m1/s1. The molecule has 0 radical (unpaired) electrons. The van der Waals surface area contributed by atoms with E-state index in [0.717, 1.165) is 12.8 Å². The predicted octanol–water partition coefficient (Wildman–Crippen LogP) is 0.615. The second-order valence-electron chi connectivity index (χ2n) is 5.41. The van der Waals surface area contributed by atoms with Crippen molar-refractivity contribution in [3.63, 3.8) is 0 Å². The maximum atomic E-state index is 12.3. The number of hydrogen-bond acceptors (Lipinski definition) is 4. The first-order chi connectivity index (χ1) is 9.44. The zero-order chi connectivity index (χ0) is 14.9. The Labute approximate surface area is 117 Å². The summed E-state index contributed by atoms with van der Waals surface area (Å²) in [6.07, 6.45) is 2.96. The number of hydrogen-bond donors (Lipinski definition) is 2. The Morgan fingerprint density at radius 1 is 1.40 bits per heavy atom. The smallest absolute Gasteiger partial charge is 0.336 e. The molecule has 0 saturated heterocycles. The van der Waals surface area contributed by atoms with Gasteiger partial charge in [-0.2, -0.15) is 0 Å². The van der Waals surface area contributed by atoms with Gasteiger partial charge in [0.2, 0.25) is 11.8 Å². The summed E-state index contributed by atoms with van der Waals surface area (Å²) in [6.45, 7) is 3.64. The summed E-state index contributed by atoms with van der Waals surface area (Å²) in [7, 11) is 0. The first-order valence-electron chi connectivity index (χ1n) is 6.92. The van der Waals surface area contributed by atoms with Gasteiger partial charge < -0.3 is 15.8 Å². The minimum absolute atomic E-state index is 0.251. The summed E-state index contributed by atoms with van der Waals surface area (Å²) in [5.74, 6) is -2.55. The van der Waals surface area contributed by atoms with Crippen LogP contribution in [0.25, 0.3) is 0 Å². The quantitative estimate of drug-likeness (QED) is 0.584. The maximum absolute atomic E-state index is 12.3. The fourth-order valence-corrected chi connectivity index (χ4v) is 3.59. The molecule has 0 aromatic carbocycles. The average Bonchev–Trinajstić information content (AvgIpc) is 2.77. The molecule has 0 unspecified atom stereocenters. The van der Waals surface area contributed by atoms with Crippen LogP contribution in [0.15, 0.2) is 11.3 Å². The van der Waals surface area contributed by atoms with Gasteiger partial charge in [-0.3, -0.25) is 9.59 Å². The highest BCUT2D eigenvalue weighted by Crippen LogP contribution is 2.52. The number of ether oxygens (including phenoxy) is 1. The van der Waals surface area contributed by atoms with Crippen molar-refractivity contribution in [1.82, 2.24) is 5.32 Å². The van der Waals surface area contributed by atoms with Gasteiger partial charge in [0, 0.05) is 11.1 Å². The zero-order valence-electron chi connectivity index (χ0n) is 11.8. The molecule has 3 N–H and O–H groups in total. The van der Waals surface area contributed by atoms with E-state index in [1.807, 2.05) is 0 Å². The minimum Gasteiger partial charge on any atom is -0.463 e. The topological polar surface area (TPSA) is 98.5 Å². The number of esters is 1. The monoisotopic (exact) mass is 280 g/mol. The molecule has 6 nitrogen and oxygen atoms in total. The molecule has 2 rings (SSSR count). The third-order valence-electron chi connectivity index (χ3n) is 4.26. The van der Waals surface area contributed by atoms with Crippen molar-refractivity contribution in [2.45, 2.75) is 39.5 Å². The van der Waals surface area contributed by atoms with Gasteiger partial charge in [0.1, 0.15) is 5.92 Å². The van der Waals surface area contributed by atoms with E-state index in [4.69, 9.17) is 10.5 Å². The normalized spacial score (nSPS) is 24.7. The number of primary amides is 1. The Bertz CT molecular complexity index is 489. The molecule has 1 aliphatic heterocycles. The third-order valence-corrected chi connectivity index (χ3v) is 4.26. The van der Waals surface area contributed by atoms with Gasteiger partial charge >= 0.3 is 5.97 Å². The SMILES string of the molecule is CCOC(=O)C1=C(C)NC(=O)[C@@H](C(N)=O)C12CCCC2. The van der Waals surface area contributed by atoms with Crippen LogP contribution in [0.3, 0.4) is 0 Å². The Balaban J connectivity index is 2.55. The molecule has 110 valence electrons. The summed E-state index contributed by atoms with van der Waals surface area (Å²) in [5, 5.41) is 2.59. The number of nitrogens with one attached hydrogen (secondary N) is 1. The van der Waals surface area contributed by atoms with Crippen LogP contribution >= 0.6 is 0 Å². The molecular formula is C14H20N2O4. The van der Waals surface area contributed by atoms with Crippen LogP contribution in [0.1, 0.15) is 39.5 Å². The van der Waals surface area contributed by atoms with Crippen LogP contribution in [-0.2, 0) is 19.1 Å². The molecule has 1 atom stereocenters. The van der Waals surface area contributed by atoms with E-state index in [2.05, 4.69) is 5.32 Å². The molecule has 2 amide bonds. The largest absolute Gasteiger partial charge is 0.463 e. The van der Waals surface area contributed by atoms with Gasteiger partial charge in [0.05, 0.1) is 12.2 Å². The van der Waals surface area contributed by atoms with Crippen LogP contribution in [0, 0.1) is 11.3 Å². The van der Waals surface area contributed by atoms with E-state index in [-0.39, 0.29) is 6.61 Å². The van der Waals surface area contributed by atoms with Crippen molar-refractivity contribution in [2.24, 2.45) is 17.1 Å². The fourth-order valence-electron chi connectivity index (χ4n) is 3.59. The third kappa shape index (κ3) is 2.09. The zero-order valence-corrected chi connectivity index (χ0v) is 11.8. The Kier molecular flexibility index (Phi) is 3.83. The number of carbonyl (C=O) groups excluding carboxylic acids is 3. The van der Waals surface area contributed by atoms with Crippen molar-refractivity contribution in [2.75, 3.05) is 6.61 Å². The molecule has 6 heteroatoms. The Hall–Kier alpha value is -1.85. The Morgan fingerprint density at radius 3 is 2.50 bits per heavy atom. The van der Waals surface area contributed by atoms with Crippen LogP contribution in [0.5, 0.6) is 0 Å². The number of nitrogens with two attached hydrogens (primary N) is 1. The Morgan fingerprint density at radius 2 is 2.00 bits per heavy atom. The van der Waals surface area contributed by atoms with Crippen LogP contribution < -0.4 is 11.1 Å². The number of carbonyl (C=O) groups is 3. The summed E-state index contributed by atoms with van der Waals surface area (Å²) in [5.41, 5.74) is 5.53. The summed E-state index contributed by atoms with van der Waals surface area (Å²) in [6, 6.07) is 0. The van der Waals surface area contributed by atoms with Crippen LogP contribution in [0.2, 0.25) is 0 Å². The summed E-state index contributed by atoms with van der Waals surface area (Å²) >= 11 is 0. The van der Waals surface area contributed by atoms with Gasteiger partial charge in [-0.15, -0.1) is 0 Å². The first-order valence-corrected chi connectivity index (χ1v) is 6.92. The van der Waals surface area contributed by atoms with Crippen molar-refractivity contribution in [3.8, 4) is 0 Å². The molecule has 0 aromatic rings. The minimum atomic E-state index is -0.992. The lowest BCUT2D eigenvalue weighted by molar-refractivity contribution is -0.144. The molecular weight excluding hydrogens is 260 g/mol. The lowest BCUT2D eigenvalue weighted by Gasteiger charge is -2.40. The lowest BCUT2D eigenvalue weighted by atomic mass is 9.65. The molecule has 1 saturated carbocycles. The van der Waals surface area contributed by atoms with E-state index in [9.17, 15) is 14.4 Å². The van der Waals surface area contributed by atoms with Crippen molar-refractivity contribution in [1.29, 1.82) is 0 Å². The molecule has 1 aliphatic carbocycles. The van der Waals surface area contributed by atoms with E-state index in [1.165, 1.54) is 0 Å². The molecule has 1 heterocycles. The van der Waals surface area contributed by atoms with E-state index in [1.54, 1.807) is 13.8 Å². The van der Waals surface area contributed by atoms with Gasteiger partial charge in [-0.1, -0.05) is 12.8 Å². The highest BCUT2D eigenvalue weighted by atomic mass is 16.5. The van der Waals surface area contributed by atoms with Crippen molar-refractivity contribution in [3.05, 3.63) is 11.3 Å². The van der Waals surface area contributed by atoms with Crippen LogP contribution in [0.4, 0.5) is 0 Å². The number of rotatable bonds is 3. The van der Waals surface area contributed by atoms with E-state index < -0.39 is 29.1 Å². The molecule has 1 fully saturated rings. The molecule has 1 spiro atoms. The molecule has 0 bridgehead atoms. The van der Waals surface area contributed by atoms with Crippen LogP contribution in [-0.4, -0.2) is 24.4 Å². The maximum Gasteiger partial charge on any atom is 0.336 e. The molecule has 2 aliphatic rings. The second-order valence-corrected chi connectivity index (χ2v) is 5.41. The van der Waals surface area contributed by atoms with Gasteiger partial charge in [0.25, 0.3) is 0 Å². The lowest BCUT2D eigenvalue weighted by Crippen LogP contribution is -2.54. The van der Waals surface area contributed by atoms with Crippen molar-refractivity contribution < 1.29 is 19.1 Å². The first kappa shape index (κ1) is 14.6. The fraction of sp³-hybridized carbons (Fsp3) is 0.643. The predicted molar refractivity (Wildman–Crippen MR) is 71.1 cm³/mol. The second kappa shape index (κ2) is 5.26. The molecule has 20 heavy (non-hydrogen) atoms. The van der Waals surface area contributed by atoms with E-state index >= 15 is 0 Å². The highest BCUT2D eigenvalue weighted by molar-refractivity contribution is 6.06. The van der Waals surface area contributed by atoms with E-state index in [0.29, 0.717) is 24.1 Å².